The van der Waals surface area contributed by atoms with Gasteiger partial charge in [-0.3, -0.25) is 0 Å². The largest absolute Gasteiger partial charge is 0.480 e. The van der Waals surface area contributed by atoms with Crippen molar-refractivity contribution in [2.45, 2.75) is 0 Å². The minimum Gasteiger partial charge on any atom is -0.424 e. The lowest BCUT2D eigenvalue weighted by Gasteiger charge is -1.97. The first kappa shape index (κ1) is 10.6. The number of halogens is 2. The number of benzene rings is 1. The zero-order chi connectivity index (χ0) is 9.84. The van der Waals surface area contributed by atoms with Gasteiger partial charge in [-0.1, -0.05) is 41.3 Å². The predicted octanol–water partition coefficient (Wildman–Crippen LogP) is 2.02. The number of hydrogen-bond donors (Lipinski definition) is 2. The molecule has 0 amide bonds. The molecule has 0 heterocycles. The number of rotatable bonds is 2. The summed E-state index contributed by atoms with van der Waals surface area (Å²) >= 11 is 11.4. The molecule has 13 heavy (non-hydrogen) atoms. The summed E-state index contributed by atoms with van der Waals surface area (Å²) < 4.78 is 0. The van der Waals surface area contributed by atoms with Crippen molar-refractivity contribution in [3.05, 3.63) is 39.8 Å². The Morgan fingerprint density at radius 3 is 2.38 bits per heavy atom. The van der Waals surface area contributed by atoms with Crippen molar-refractivity contribution in [2.24, 2.45) is 0 Å². The van der Waals surface area contributed by atoms with Crippen molar-refractivity contribution >= 4 is 36.4 Å². The lowest BCUT2D eigenvalue weighted by Crippen LogP contribution is -2.05. The van der Waals surface area contributed by atoms with Gasteiger partial charge in [0.05, 0.1) is 10.0 Å². The monoisotopic (exact) mass is 216 g/mol. The molecule has 0 aromatic heterocycles. The molecule has 0 bridgehead atoms. The lowest BCUT2D eigenvalue weighted by atomic mass is 9.91. The Morgan fingerprint density at radius 1 is 1.15 bits per heavy atom. The molecule has 0 aliphatic heterocycles. The molecule has 0 aliphatic carbocycles. The first-order valence-electron chi connectivity index (χ1n) is 3.59. The third kappa shape index (κ3) is 3.40. The standard InChI is InChI=1S/C8H7BCl2O2/c10-7-2-1-6(5-8(7)11)3-4-9(12)13/h1-5,12-13H/b4-3+. The highest BCUT2D eigenvalue weighted by Crippen LogP contribution is 2.22. The molecule has 0 unspecified atom stereocenters. The van der Waals surface area contributed by atoms with E-state index in [9.17, 15) is 0 Å². The van der Waals surface area contributed by atoms with Crippen molar-refractivity contribution in [3.8, 4) is 0 Å². The fraction of sp³-hybridized carbons (Fsp3) is 0. The van der Waals surface area contributed by atoms with E-state index in [2.05, 4.69) is 0 Å². The maximum atomic E-state index is 8.55. The fourth-order valence-corrected chi connectivity index (χ4v) is 1.12. The van der Waals surface area contributed by atoms with Crippen LogP contribution in [0.3, 0.4) is 0 Å². The number of hydrogen-bond acceptors (Lipinski definition) is 2. The van der Waals surface area contributed by atoms with Crippen LogP contribution >= 0.6 is 23.2 Å². The lowest BCUT2D eigenvalue weighted by molar-refractivity contribution is 0.424. The molecule has 0 atom stereocenters. The topological polar surface area (TPSA) is 40.5 Å². The van der Waals surface area contributed by atoms with E-state index in [1.54, 1.807) is 24.3 Å². The first-order valence-corrected chi connectivity index (χ1v) is 4.34. The summed E-state index contributed by atoms with van der Waals surface area (Å²) in [5, 5.41) is 18.0. The van der Waals surface area contributed by atoms with Crippen LogP contribution in [-0.4, -0.2) is 17.2 Å². The van der Waals surface area contributed by atoms with Crippen LogP contribution in [0.5, 0.6) is 0 Å². The van der Waals surface area contributed by atoms with E-state index in [1.807, 2.05) is 0 Å². The van der Waals surface area contributed by atoms with Crippen LogP contribution in [0.15, 0.2) is 24.2 Å². The Labute approximate surface area is 86.6 Å². The van der Waals surface area contributed by atoms with E-state index >= 15 is 0 Å². The highest BCUT2D eigenvalue weighted by Gasteiger charge is 2.00. The van der Waals surface area contributed by atoms with Crippen LogP contribution in [0, 0.1) is 0 Å². The molecule has 2 nitrogen and oxygen atoms in total. The summed E-state index contributed by atoms with van der Waals surface area (Å²) in [6.45, 7) is 0. The van der Waals surface area contributed by atoms with Crippen LogP contribution in [0.25, 0.3) is 6.08 Å². The van der Waals surface area contributed by atoms with Crippen LogP contribution in [0.2, 0.25) is 10.0 Å². The molecular weight excluding hydrogens is 210 g/mol. The summed E-state index contributed by atoms with van der Waals surface area (Å²) in [5.74, 6) is 1.24. The smallest absolute Gasteiger partial charge is 0.424 e. The quantitative estimate of drug-likeness (QED) is 0.743. The van der Waals surface area contributed by atoms with Crippen LogP contribution in [0.4, 0.5) is 0 Å². The Morgan fingerprint density at radius 2 is 1.85 bits per heavy atom. The Kier molecular flexibility index (Phi) is 3.81. The van der Waals surface area contributed by atoms with Crippen molar-refractivity contribution in [1.82, 2.24) is 0 Å². The van der Waals surface area contributed by atoms with Gasteiger partial charge < -0.3 is 10.0 Å². The van der Waals surface area contributed by atoms with Gasteiger partial charge in [0.25, 0.3) is 0 Å². The van der Waals surface area contributed by atoms with E-state index in [0.717, 1.165) is 5.56 Å². The molecule has 0 fully saturated rings. The van der Waals surface area contributed by atoms with Crippen molar-refractivity contribution in [2.75, 3.05) is 0 Å². The van der Waals surface area contributed by atoms with Gasteiger partial charge >= 0.3 is 7.12 Å². The van der Waals surface area contributed by atoms with E-state index in [-0.39, 0.29) is 0 Å². The van der Waals surface area contributed by atoms with E-state index in [1.165, 1.54) is 5.98 Å². The molecule has 1 aromatic rings. The van der Waals surface area contributed by atoms with Gasteiger partial charge in [0, 0.05) is 0 Å². The van der Waals surface area contributed by atoms with E-state index < -0.39 is 7.12 Å². The maximum Gasteiger partial charge on any atom is 0.480 e. The summed E-state index contributed by atoms with van der Waals surface area (Å²) in [6.07, 6.45) is 1.55. The normalized spacial score (nSPS) is 10.8. The van der Waals surface area contributed by atoms with Gasteiger partial charge in [0.2, 0.25) is 0 Å². The van der Waals surface area contributed by atoms with Crippen molar-refractivity contribution < 1.29 is 10.0 Å². The van der Waals surface area contributed by atoms with Crippen molar-refractivity contribution in [1.29, 1.82) is 0 Å². The molecule has 0 spiro atoms. The summed E-state index contributed by atoms with van der Waals surface area (Å²) in [7, 11) is -1.45. The molecule has 68 valence electrons. The summed E-state index contributed by atoms with van der Waals surface area (Å²) in [6, 6.07) is 5.02. The molecule has 0 aliphatic rings. The molecular formula is C8H7BCl2O2. The van der Waals surface area contributed by atoms with E-state index in [0.29, 0.717) is 10.0 Å². The molecule has 1 aromatic carbocycles. The summed E-state index contributed by atoms with van der Waals surface area (Å²) in [5.41, 5.74) is 0.766. The third-order valence-corrected chi connectivity index (χ3v) is 2.14. The second-order valence-corrected chi connectivity index (χ2v) is 3.26. The van der Waals surface area contributed by atoms with E-state index in [4.69, 9.17) is 33.2 Å². The average Bonchev–Trinajstić information content (AvgIpc) is 2.07. The van der Waals surface area contributed by atoms with Gasteiger partial charge in [-0.05, 0) is 17.7 Å². The minimum atomic E-state index is -1.45. The predicted molar refractivity (Wildman–Crippen MR) is 55.7 cm³/mol. The van der Waals surface area contributed by atoms with Gasteiger partial charge in [0.1, 0.15) is 0 Å². The Hall–Kier alpha value is -0.475. The van der Waals surface area contributed by atoms with Crippen LogP contribution in [0.1, 0.15) is 5.56 Å². The van der Waals surface area contributed by atoms with Gasteiger partial charge in [-0.25, -0.2) is 0 Å². The third-order valence-electron chi connectivity index (χ3n) is 1.40. The zero-order valence-corrected chi connectivity index (χ0v) is 8.13. The van der Waals surface area contributed by atoms with Gasteiger partial charge in [0.15, 0.2) is 0 Å². The first-order chi connectivity index (χ1) is 6.09. The van der Waals surface area contributed by atoms with Gasteiger partial charge in [-0.15, -0.1) is 0 Å². The van der Waals surface area contributed by atoms with Crippen LogP contribution < -0.4 is 0 Å². The summed E-state index contributed by atoms with van der Waals surface area (Å²) in [4.78, 5) is 0. The maximum absolute atomic E-state index is 8.55. The molecule has 0 saturated carbocycles. The second kappa shape index (κ2) is 4.68. The van der Waals surface area contributed by atoms with Crippen LogP contribution in [-0.2, 0) is 0 Å². The average molecular weight is 217 g/mol. The Bertz CT molecular complexity index is 326. The second-order valence-electron chi connectivity index (χ2n) is 2.45. The molecule has 0 saturated heterocycles. The van der Waals surface area contributed by atoms with Gasteiger partial charge in [-0.2, -0.15) is 0 Å². The van der Waals surface area contributed by atoms with Crippen molar-refractivity contribution in [3.63, 3.8) is 0 Å². The molecule has 2 N–H and O–H groups in total. The Balaban J connectivity index is 2.85. The fourth-order valence-electron chi connectivity index (χ4n) is 0.813. The SMILES string of the molecule is OB(O)/C=C/c1ccc(Cl)c(Cl)c1. The minimum absolute atomic E-state index is 0.441. The highest BCUT2D eigenvalue weighted by atomic mass is 35.5. The molecule has 1 rings (SSSR count). The zero-order valence-electron chi connectivity index (χ0n) is 6.61. The molecule has 5 heteroatoms. The molecule has 0 radical (unpaired) electrons. The highest BCUT2D eigenvalue weighted by molar-refractivity contribution is 6.48.